The molecule has 206 valence electrons. The zero-order chi connectivity index (χ0) is 26.4. The lowest BCUT2D eigenvalue weighted by atomic mass is 9.44. The fourth-order valence-electron chi connectivity index (χ4n) is 10.2. The Hall–Kier alpha value is -1.51. The number of hydrogen-bond acceptors (Lipinski definition) is 3. The number of ether oxygens (including phenoxy) is 1. The first-order chi connectivity index (χ1) is 17.6. The summed E-state index contributed by atoms with van der Waals surface area (Å²) in [5.74, 6) is 5.57. The van der Waals surface area contributed by atoms with Crippen molar-refractivity contribution in [2.45, 2.75) is 118 Å². The molecule has 9 atom stereocenters. The third kappa shape index (κ3) is 4.98. The van der Waals surface area contributed by atoms with E-state index in [4.69, 9.17) is 4.74 Å². The van der Waals surface area contributed by atoms with Crippen LogP contribution in [-0.2, 0) is 4.74 Å². The smallest absolute Gasteiger partial charge is 0.342 e. The fraction of sp³-hybridized carbons (Fsp3) is 0.794. The van der Waals surface area contributed by atoms with Crippen molar-refractivity contribution < 1.29 is 14.6 Å². The van der Waals surface area contributed by atoms with E-state index in [2.05, 4.69) is 34.6 Å². The van der Waals surface area contributed by atoms with Gasteiger partial charge in [0.15, 0.2) is 0 Å². The number of phenols is 1. The van der Waals surface area contributed by atoms with Gasteiger partial charge in [-0.3, -0.25) is 0 Å². The molecule has 4 aliphatic rings. The second kappa shape index (κ2) is 10.6. The lowest BCUT2D eigenvalue weighted by Gasteiger charge is -2.61. The molecule has 0 aliphatic heterocycles. The predicted molar refractivity (Wildman–Crippen MR) is 150 cm³/mol. The molecular weight excluding hydrogens is 456 g/mol. The molecule has 1 aromatic carbocycles. The first-order valence-electron chi connectivity index (χ1n) is 15.6. The lowest BCUT2D eigenvalue weighted by molar-refractivity contribution is -0.130. The van der Waals surface area contributed by atoms with Crippen molar-refractivity contribution in [1.29, 1.82) is 0 Å². The van der Waals surface area contributed by atoms with Gasteiger partial charge in [-0.1, -0.05) is 66.0 Å². The summed E-state index contributed by atoms with van der Waals surface area (Å²) in [4.78, 5) is 12.8. The van der Waals surface area contributed by atoms with Crippen LogP contribution < -0.4 is 0 Å². The normalized spacial score (nSPS) is 39.9. The number of phenolic OH excluding ortho intramolecular Hbond substituents is 1. The molecule has 0 spiro atoms. The minimum atomic E-state index is -0.367. The van der Waals surface area contributed by atoms with E-state index in [1.807, 2.05) is 0 Å². The molecule has 0 radical (unpaired) electrons. The number of carbonyl (C=O) groups excluding carboxylic acids is 1. The van der Waals surface area contributed by atoms with Crippen LogP contribution in [0.5, 0.6) is 5.75 Å². The van der Waals surface area contributed by atoms with Gasteiger partial charge in [0, 0.05) is 0 Å². The molecule has 4 aliphatic carbocycles. The number of aromatic hydroxyl groups is 1. The van der Waals surface area contributed by atoms with Crippen molar-refractivity contribution in [2.24, 2.45) is 52.3 Å². The Balaban J connectivity index is 1.22. The first-order valence-corrected chi connectivity index (χ1v) is 15.6. The second-order valence-corrected chi connectivity index (χ2v) is 14.5. The first kappa shape index (κ1) is 27.1. The number of esters is 1. The van der Waals surface area contributed by atoms with Gasteiger partial charge >= 0.3 is 5.97 Å². The Labute approximate surface area is 226 Å². The SMILES string of the molecule is CC(C)CCCC(C)C1CCC2C3CCC4CC(OC(=O)c5ccccc5O)CC[C@]4(C)C3CC[C@]12C. The maximum absolute atomic E-state index is 12.8. The van der Waals surface area contributed by atoms with E-state index in [1.165, 1.54) is 64.2 Å². The molecule has 0 aromatic heterocycles. The summed E-state index contributed by atoms with van der Waals surface area (Å²) in [6, 6.07) is 6.75. The average molecular weight is 509 g/mol. The zero-order valence-electron chi connectivity index (χ0n) is 24.2. The van der Waals surface area contributed by atoms with E-state index in [0.29, 0.717) is 22.3 Å². The molecule has 0 heterocycles. The van der Waals surface area contributed by atoms with Gasteiger partial charge in [-0.05, 0) is 122 Å². The van der Waals surface area contributed by atoms with Crippen LogP contribution >= 0.6 is 0 Å². The molecule has 3 heteroatoms. The quantitative estimate of drug-likeness (QED) is 0.374. The Morgan fingerprint density at radius 1 is 0.946 bits per heavy atom. The molecule has 37 heavy (non-hydrogen) atoms. The minimum Gasteiger partial charge on any atom is -0.507 e. The molecule has 5 rings (SSSR count). The zero-order valence-corrected chi connectivity index (χ0v) is 24.2. The van der Waals surface area contributed by atoms with Crippen LogP contribution in [0, 0.1) is 52.3 Å². The molecule has 0 saturated heterocycles. The number of hydrogen-bond donors (Lipinski definition) is 1. The van der Waals surface area contributed by atoms with E-state index in [-0.39, 0.29) is 17.8 Å². The summed E-state index contributed by atoms with van der Waals surface area (Å²) in [6.07, 6.45) is 15.7. The molecule has 3 nitrogen and oxygen atoms in total. The number of para-hydroxylation sites is 1. The summed E-state index contributed by atoms with van der Waals surface area (Å²) >= 11 is 0. The van der Waals surface area contributed by atoms with Gasteiger partial charge in [0.1, 0.15) is 17.4 Å². The van der Waals surface area contributed by atoms with Crippen molar-refractivity contribution >= 4 is 5.97 Å². The van der Waals surface area contributed by atoms with Gasteiger partial charge in [0.05, 0.1) is 0 Å². The highest BCUT2D eigenvalue weighted by molar-refractivity contribution is 5.92. The highest BCUT2D eigenvalue weighted by Gasteiger charge is 2.60. The van der Waals surface area contributed by atoms with Crippen LogP contribution in [0.15, 0.2) is 24.3 Å². The number of rotatable bonds is 7. The lowest BCUT2D eigenvalue weighted by Crippen LogP contribution is -2.54. The molecule has 7 unspecified atom stereocenters. The molecular formula is C34H52O3. The van der Waals surface area contributed by atoms with Crippen molar-refractivity contribution in [3.8, 4) is 5.75 Å². The van der Waals surface area contributed by atoms with Gasteiger partial charge in [-0.15, -0.1) is 0 Å². The molecule has 0 amide bonds. The van der Waals surface area contributed by atoms with E-state index in [1.54, 1.807) is 24.3 Å². The van der Waals surface area contributed by atoms with Crippen LogP contribution in [0.2, 0.25) is 0 Å². The topological polar surface area (TPSA) is 46.5 Å². The summed E-state index contributed by atoms with van der Waals surface area (Å²) in [6.45, 7) is 12.6. The van der Waals surface area contributed by atoms with Crippen LogP contribution in [0.25, 0.3) is 0 Å². The maximum Gasteiger partial charge on any atom is 0.342 e. The number of carbonyl (C=O) groups is 1. The Bertz CT molecular complexity index is 954. The monoisotopic (exact) mass is 508 g/mol. The second-order valence-electron chi connectivity index (χ2n) is 14.5. The molecule has 1 aromatic rings. The highest BCUT2D eigenvalue weighted by Crippen LogP contribution is 2.68. The third-order valence-corrected chi connectivity index (χ3v) is 12.2. The number of benzene rings is 1. The van der Waals surface area contributed by atoms with E-state index in [9.17, 15) is 9.90 Å². The van der Waals surface area contributed by atoms with E-state index >= 15 is 0 Å². The summed E-state index contributed by atoms with van der Waals surface area (Å²) in [5.41, 5.74) is 1.23. The minimum absolute atomic E-state index is 0.0156. The summed E-state index contributed by atoms with van der Waals surface area (Å²) in [7, 11) is 0. The average Bonchev–Trinajstić information content (AvgIpc) is 3.21. The maximum atomic E-state index is 12.8. The van der Waals surface area contributed by atoms with Crippen LogP contribution in [-0.4, -0.2) is 17.2 Å². The Morgan fingerprint density at radius 2 is 1.68 bits per heavy atom. The largest absolute Gasteiger partial charge is 0.507 e. The predicted octanol–water partition coefficient (Wildman–Crippen LogP) is 9.04. The molecule has 0 bridgehead atoms. The van der Waals surface area contributed by atoms with Gasteiger partial charge in [0.2, 0.25) is 0 Å². The van der Waals surface area contributed by atoms with Crippen LogP contribution in [0.1, 0.15) is 122 Å². The molecule has 4 saturated carbocycles. The van der Waals surface area contributed by atoms with Gasteiger partial charge < -0.3 is 9.84 Å². The van der Waals surface area contributed by atoms with Gasteiger partial charge in [0.25, 0.3) is 0 Å². The molecule has 1 N–H and O–H groups in total. The third-order valence-electron chi connectivity index (χ3n) is 12.2. The Morgan fingerprint density at radius 3 is 2.43 bits per heavy atom. The van der Waals surface area contributed by atoms with Gasteiger partial charge in [-0.25, -0.2) is 4.79 Å². The van der Waals surface area contributed by atoms with Crippen molar-refractivity contribution in [2.75, 3.05) is 0 Å². The van der Waals surface area contributed by atoms with Crippen LogP contribution in [0.3, 0.4) is 0 Å². The summed E-state index contributed by atoms with van der Waals surface area (Å²) in [5, 5.41) is 10.1. The van der Waals surface area contributed by atoms with E-state index in [0.717, 1.165) is 48.3 Å². The van der Waals surface area contributed by atoms with Crippen molar-refractivity contribution in [3.63, 3.8) is 0 Å². The fourth-order valence-corrected chi connectivity index (χ4v) is 10.2. The van der Waals surface area contributed by atoms with Crippen molar-refractivity contribution in [1.82, 2.24) is 0 Å². The number of fused-ring (bicyclic) bond motifs is 5. The highest BCUT2D eigenvalue weighted by atomic mass is 16.5. The van der Waals surface area contributed by atoms with Crippen LogP contribution in [0.4, 0.5) is 0 Å². The van der Waals surface area contributed by atoms with Crippen molar-refractivity contribution in [3.05, 3.63) is 29.8 Å². The van der Waals surface area contributed by atoms with E-state index < -0.39 is 0 Å². The standard InChI is InChI=1S/C34H52O3/c1-22(2)9-8-10-23(3)28-15-16-29-26-14-13-24-21-25(37-32(36)27-11-6-7-12-31(27)35)17-19-33(24,4)30(26)18-20-34(28,29)5/h6-7,11-12,22-26,28-30,35H,8-10,13-21H2,1-5H3/t23?,24?,25?,26?,28?,29?,30?,33-,34+/m0/s1. The van der Waals surface area contributed by atoms with Gasteiger partial charge in [-0.2, -0.15) is 0 Å². The summed E-state index contributed by atoms with van der Waals surface area (Å²) < 4.78 is 5.96. The molecule has 4 fully saturated rings. The Kier molecular flexibility index (Phi) is 7.74.